The number of rotatable bonds is 4. The first-order valence-corrected chi connectivity index (χ1v) is 9.45. The first-order valence-electron chi connectivity index (χ1n) is 8.01. The lowest BCUT2D eigenvalue weighted by atomic mass is 10.2. The lowest BCUT2D eigenvalue weighted by molar-refractivity contribution is 0.458. The third kappa shape index (κ3) is 2.89. The van der Waals surface area contributed by atoms with Crippen molar-refractivity contribution in [3.05, 3.63) is 97.0 Å². The van der Waals surface area contributed by atoms with Crippen LogP contribution in [0.25, 0.3) is 11.4 Å². The highest BCUT2D eigenvalue weighted by Gasteiger charge is 2.24. The van der Waals surface area contributed by atoms with Gasteiger partial charge in [-0.3, -0.25) is 5.43 Å². The van der Waals surface area contributed by atoms with Crippen LogP contribution in [0.15, 0.2) is 96.2 Å². The highest BCUT2D eigenvalue weighted by Crippen LogP contribution is 2.22. The van der Waals surface area contributed by atoms with Crippen LogP contribution < -0.4 is 5.43 Å². The summed E-state index contributed by atoms with van der Waals surface area (Å²) < 4.78 is 28.5. The Morgan fingerprint density at radius 2 is 1.58 bits per heavy atom. The molecule has 0 spiro atoms. The average molecular weight is 364 g/mol. The van der Waals surface area contributed by atoms with Crippen LogP contribution >= 0.6 is 0 Å². The van der Waals surface area contributed by atoms with Crippen molar-refractivity contribution in [2.45, 2.75) is 4.90 Å². The number of hydrogen-bond donors (Lipinski definition) is 1. The maximum Gasteiger partial charge on any atom is 0.281 e. The average Bonchev–Trinajstić information content (AvgIpc) is 3.19. The van der Waals surface area contributed by atoms with Gasteiger partial charge in [-0.25, -0.2) is 4.68 Å². The van der Waals surface area contributed by atoms with Crippen molar-refractivity contribution >= 4 is 15.7 Å². The fourth-order valence-electron chi connectivity index (χ4n) is 2.68. The molecular weight excluding hydrogens is 348 g/mol. The Morgan fingerprint density at radius 1 is 0.885 bits per heavy atom. The summed E-state index contributed by atoms with van der Waals surface area (Å²) >= 11 is 0. The Hall–Kier alpha value is -3.32. The second kappa shape index (κ2) is 6.53. The number of benzene rings is 2. The summed E-state index contributed by atoms with van der Waals surface area (Å²) in [6.45, 7) is 0. The number of nitrogens with zero attached hydrogens (tertiary/aromatic N) is 3. The summed E-state index contributed by atoms with van der Waals surface area (Å²) in [6.07, 6.45) is 6.66. The minimum atomic E-state index is -3.70. The Bertz CT molecular complexity index is 1070. The lowest BCUT2D eigenvalue weighted by Crippen LogP contribution is -2.39. The van der Waals surface area contributed by atoms with Gasteiger partial charge in [-0.1, -0.05) is 36.4 Å². The first kappa shape index (κ1) is 16.2. The zero-order valence-electron chi connectivity index (χ0n) is 13.7. The monoisotopic (exact) mass is 364 g/mol. The van der Waals surface area contributed by atoms with Crippen molar-refractivity contribution in [3.8, 4) is 5.69 Å². The fourth-order valence-corrected chi connectivity index (χ4v) is 3.86. The predicted octanol–water partition coefficient (Wildman–Crippen LogP) is 2.94. The van der Waals surface area contributed by atoms with Gasteiger partial charge in [-0.15, -0.1) is 0 Å². The van der Waals surface area contributed by atoms with E-state index in [0.717, 1.165) is 15.8 Å². The van der Waals surface area contributed by atoms with Crippen molar-refractivity contribution < 1.29 is 8.42 Å². The van der Waals surface area contributed by atoms with Crippen LogP contribution in [0.1, 0.15) is 5.69 Å². The van der Waals surface area contributed by atoms with Crippen molar-refractivity contribution in [1.82, 2.24) is 19.6 Å². The van der Waals surface area contributed by atoms with Crippen LogP contribution in [0.2, 0.25) is 0 Å². The summed E-state index contributed by atoms with van der Waals surface area (Å²) in [5.74, 6) is 0. The van der Waals surface area contributed by atoms with Crippen molar-refractivity contribution in [3.63, 3.8) is 0 Å². The number of para-hydroxylation sites is 1. The highest BCUT2D eigenvalue weighted by atomic mass is 32.2. The van der Waals surface area contributed by atoms with E-state index in [4.69, 9.17) is 0 Å². The quantitative estimate of drug-likeness (QED) is 0.773. The molecular formula is C19H16N4O2S. The molecule has 2 aromatic carbocycles. The minimum absolute atomic E-state index is 0.218. The minimum Gasteiger partial charge on any atom is -0.283 e. The third-order valence-electron chi connectivity index (χ3n) is 3.93. The van der Waals surface area contributed by atoms with Gasteiger partial charge in [0.1, 0.15) is 0 Å². The number of nitrogens with one attached hydrogen (secondary N) is 1. The van der Waals surface area contributed by atoms with E-state index in [-0.39, 0.29) is 4.90 Å². The molecule has 0 radical (unpaired) electrons. The summed E-state index contributed by atoms with van der Waals surface area (Å²) in [7, 11) is -3.70. The summed E-state index contributed by atoms with van der Waals surface area (Å²) in [4.78, 5) is 0.218. The first-order chi connectivity index (χ1) is 12.7. The van der Waals surface area contributed by atoms with Gasteiger partial charge < -0.3 is 0 Å². The Kier molecular flexibility index (Phi) is 4.06. The molecule has 0 unspecified atom stereocenters. The molecule has 0 bridgehead atoms. The molecule has 0 atom stereocenters. The van der Waals surface area contributed by atoms with Crippen molar-refractivity contribution in [2.75, 3.05) is 0 Å². The van der Waals surface area contributed by atoms with Gasteiger partial charge in [0, 0.05) is 6.20 Å². The van der Waals surface area contributed by atoms with Gasteiger partial charge in [0.05, 0.1) is 28.2 Å². The second-order valence-corrected chi connectivity index (χ2v) is 7.43. The molecule has 6 nitrogen and oxygen atoms in total. The SMILES string of the molecule is O=S(=O)(c1ccccc1)N1C=CC=C(c2ccnn2-c2ccccc2)N1. The van der Waals surface area contributed by atoms with E-state index in [9.17, 15) is 8.42 Å². The lowest BCUT2D eigenvalue weighted by Gasteiger charge is -2.26. The molecule has 1 aliphatic heterocycles. The van der Waals surface area contributed by atoms with E-state index in [1.165, 1.54) is 6.20 Å². The molecule has 2 heterocycles. The second-order valence-electron chi connectivity index (χ2n) is 5.61. The van der Waals surface area contributed by atoms with E-state index in [0.29, 0.717) is 5.70 Å². The standard InChI is InChI=1S/C19H16N4O2S/c24-26(25,17-10-5-2-6-11-17)22-15-7-12-18(21-22)19-13-14-20-23(19)16-8-3-1-4-9-16/h1-15,21H. The molecule has 4 rings (SSSR count). The maximum atomic E-state index is 12.8. The number of hydrazine groups is 1. The maximum absolute atomic E-state index is 12.8. The molecule has 1 aliphatic rings. The van der Waals surface area contributed by atoms with Crippen LogP contribution in [0.3, 0.4) is 0 Å². The Labute approximate surface area is 151 Å². The summed E-state index contributed by atoms with van der Waals surface area (Å²) in [5, 5.41) is 4.35. The zero-order chi connectivity index (χ0) is 18.0. The van der Waals surface area contributed by atoms with Crippen molar-refractivity contribution in [2.24, 2.45) is 0 Å². The van der Waals surface area contributed by atoms with E-state index in [1.54, 1.807) is 47.3 Å². The normalized spacial score (nSPS) is 14.0. The van der Waals surface area contributed by atoms with Gasteiger partial charge in [0.2, 0.25) is 0 Å². The van der Waals surface area contributed by atoms with Crippen LogP contribution in [0.4, 0.5) is 0 Å². The van der Waals surface area contributed by atoms with Gasteiger partial charge in [0.25, 0.3) is 10.0 Å². The molecule has 0 saturated heterocycles. The predicted molar refractivity (Wildman–Crippen MR) is 99.3 cm³/mol. The molecule has 0 aliphatic carbocycles. The Morgan fingerprint density at radius 3 is 2.31 bits per heavy atom. The molecule has 1 N–H and O–H groups in total. The van der Waals surface area contributed by atoms with Crippen LogP contribution in [-0.2, 0) is 10.0 Å². The van der Waals surface area contributed by atoms with Gasteiger partial charge >= 0.3 is 0 Å². The molecule has 0 saturated carbocycles. The van der Waals surface area contributed by atoms with E-state index >= 15 is 0 Å². The number of hydrogen-bond acceptors (Lipinski definition) is 4. The number of allylic oxidation sites excluding steroid dienone is 2. The fraction of sp³-hybridized carbons (Fsp3) is 0. The van der Waals surface area contributed by atoms with Gasteiger partial charge in [0.15, 0.2) is 0 Å². The molecule has 1 aromatic heterocycles. The summed E-state index contributed by atoms with van der Waals surface area (Å²) in [5.41, 5.74) is 5.25. The van der Waals surface area contributed by atoms with Crippen LogP contribution in [0.5, 0.6) is 0 Å². The number of aromatic nitrogens is 2. The van der Waals surface area contributed by atoms with Gasteiger partial charge in [-0.2, -0.15) is 17.9 Å². The molecule has 26 heavy (non-hydrogen) atoms. The third-order valence-corrected chi connectivity index (χ3v) is 5.53. The highest BCUT2D eigenvalue weighted by molar-refractivity contribution is 7.89. The smallest absolute Gasteiger partial charge is 0.281 e. The zero-order valence-corrected chi connectivity index (χ0v) is 14.5. The largest absolute Gasteiger partial charge is 0.283 e. The van der Waals surface area contributed by atoms with E-state index < -0.39 is 10.0 Å². The van der Waals surface area contributed by atoms with E-state index in [1.807, 2.05) is 42.5 Å². The molecule has 0 fully saturated rings. The van der Waals surface area contributed by atoms with Crippen LogP contribution in [0, 0.1) is 0 Å². The number of sulfonamides is 1. The Balaban J connectivity index is 1.67. The molecule has 0 amide bonds. The molecule has 7 heteroatoms. The topological polar surface area (TPSA) is 67.2 Å². The van der Waals surface area contributed by atoms with Crippen molar-refractivity contribution in [1.29, 1.82) is 0 Å². The molecule has 130 valence electrons. The molecule has 3 aromatic rings. The van der Waals surface area contributed by atoms with Crippen LogP contribution in [-0.4, -0.2) is 22.6 Å². The summed E-state index contributed by atoms with van der Waals surface area (Å²) in [6, 6.07) is 19.8. The van der Waals surface area contributed by atoms with Gasteiger partial charge in [-0.05, 0) is 42.5 Å². The van der Waals surface area contributed by atoms with E-state index in [2.05, 4.69) is 10.5 Å².